The number of thiazole rings is 1. The normalized spacial score (nSPS) is 13.5. The topological polar surface area (TPSA) is 55.7 Å². The van der Waals surface area contributed by atoms with Gasteiger partial charge in [-0.25, -0.2) is 4.98 Å². The zero-order valence-electron chi connectivity index (χ0n) is 13.1. The van der Waals surface area contributed by atoms with Crippen LogP contribution in [0.15, 0.2) is 52.9 Å². The van der Waals surface area contributed by atoms with Crippen LogP contribution in [0.5, 0.6) is 5.75 Å². The minimum Gasteiger partial charge on any atom is -0.466 e. The molecule has 5 nitrogen and oxygen atoms in total. The molecule has 1 N–H and O–H groups in total. The van der Waals surface area contributed by atoms with Crippen molar-refractivity contribution in [3.8, 4) is 17.0 Å². The molecule has 1 aromatic heterocycles. The molecule has 0 unspecified atom stereocenters. The second-order valence-electron chi connectivity index (χ2n) is 5.37. The summed E-state index contributed by atoms with van der Waals surface area (Å²) in [6, 6.07) is 13.7. The minimum atomic E-state index is 0.232. The number of aromatic nitrogens is 1. The summed E-state index contributed by atoms with van der Waals surface area (Å²) in [6.07, 6.45) is 1.68. The fourth-order valence-corrected chi connectivity index (χ4v) is 3.45. The van der Waals surface area contributed by atoms with Crippen molar-refractivity contribution in [3.05, 3.63) is 64.0 Å². The molecule has 0 bridgehead atoms. The largest absolute Gasteiger partial charge is 0.466 e. The zero-order valence-corrected chi connectivity index (χ0v) is 14.7. The molecule has 0 radical (unpaired) electrons. The van der Waals surface area contributed by atoms with Gasteiger partial charge in [-0.3, -0.25) is 5.43 Å². The highest BCUT2D eigenvalue weighted by atomic mass is 35.5. The number of anilines is 1. The van der Waals surface area contributed by atoms with Crippen molar-refractivity contribution in [1.82, 2.24) is 4.98 Å². The van der Waals surface area contributed by atoms with Crippen LogP contribution in [0.2, 0.25) is 5.02 Å². The lowest BCUT2D eigenvalue weighted by Gasteiger charge is -2.19. The van der Waals surface area contributed by atoms with Gasteiger partial charge in [0.05, 0.1) is 18.5 Å². The summed E-state index contributed by atoms with van der Waals surface area (Å²) in [5, 5.41) is 7.59. The zero-order chi connectivity index (χ0) is 17.1. The molecule has 126 valence electrons. The number of rotatable bonds is 4. The van der Waals surface area contributed by atoms with Crippen LogP contribution in [0.4, 0.5) is 5.13 Å². The standard InChI is InChI=1S/C18H14ClN3O2S/c19-15-6-13(17-14(7-15)9-23-11-24-17)8-20-22-18-21-16(10-25-18)12-4-2-1-3-5-12/h1-8,10H,9,11H2,(H,21,22). The number of benzene rings is 2. The van der Waals surface area contributed by atoms with Gasteiger partial charge in [0.1, 0.15) is 5.75 Å². The van der Waals surface area contributed by atoms with Crippen molar-refractivity contribution >= 4 is 34.3 Å². The molecule has 0 saturated heterocycles. The highest BCUT2D eigenvalue weighted by Gasteiger charge is 2.15. The Balaban J connectivity index is 1.51. The third kappa shape index (κ3) is 3.66. The number of hydrogen-bond donors (Lipinski definition) is 1. The quantitative estimate of drug-likeness (QED) is 0.530. The fourth-order valence-electron chi connectivity index (χ4n) is 2.53. The second kappa shape index (κ2) is 7.23. The molecule has 0 saturated carbocycles. The van der Waals surface area contributed by atoms with E-state index < -0.39 is 0 Å². The van der Waals surface area contributed by atoms with E-state index in [1.165, 1.54) is 11.3 Å². The average molecular weight is 372 g/mol. The number of nitrogens with one attached hydrogen (secondary N) is 1. The highest BCUT2D eigenvalue weighted by molar-refractivity contribution is 7.14. The SMILES string of the molecule is Clc1cc(C=NNc2nc(-c3ccccc3)cs2)c2c(c1)COCO2. The molecule has 0 atom stereocenters. The predicted molar refractivity (Wildman–Crippen MR) is 101 cm³/mol. The number of hydrazone groups is 1. The van der Waals surface area contributed by atoms with Crippen LogP contribution in [0.1, 0.15) is 11.1 Å². The van der Waals surface area contributed by atoms with Gasteiger partial charge in [-0.1, -0.05) is 41.9 Å². The van der Waals surface area contributed by atoms with Gasteiger partial charge in [0.2, 0.25) is 5.13 Å². The maximum Gasteiger partial charge on any atom is 0.203 e. The van der Waals surface area contributed by atoms with E-state index >= 15 is 0 Å². The van der Waals surface area contributed by atoms with Crippen molar-refractivity contribution < 1.29 is 9.47 Å². The summed E-state index contributed by atoms with van der Waals surface area (Å²) in [5.74, 6) is 0.755. The number of fused-ring (bicyclic) bond motifs is 1. The molecule has 2 aromatic carbocycles. The van der Waals surface area contributed by atoms with Crippen molar-refractivity contribution in [2.24, 2.45) is 5.10 Å². The second-order valence-corrected chi connectivity index (χ2v) is 6.66. The van der Waals surface area contributed by atoms with Crippen LogP contribution in [0, 0.1) is 0 Å². The Bertz CT molecular complexity index is 912. The molecule has 2 heterocycles. The molecule has 7 heteroatoms. The van der Waals surface area contributed by atoms with Gasteiger partial charge >= 0.3 is 0 Å². The Kier molecular flexibility index (Phi) is 4.65. The van der Waals surface area contributed by atoms with E-state index in [1.807, 2.05) is 47.8 Å². The lowest BCUT2D eigenvalue weighted by Crippen LogP contribution is -2.13. The van der Waals surface area contributed by atoms with E-state index in [0.717, 1.165) is 33.3 Å². The van der Waals surface area contributed by atoms with E-state index in [4.69, 9.17) is 21.1 Å². The van der Waals surface area contributed by atoms with Crippen LogP contribution in [0.3, 0.4) is 0 Å². The van der Waals surface area contributed by atoms with Crippen LogP contribution < -0.4 is 10.2 Å². The molecule has 0 amide bonds. The van der Waals surface area contributed by atoms with E-state index in [-0.39, 0.29) is 6.79 Å². The van der Waals surface area contributed by atoms with Crippen LogP contribution >= 0.6 is 22.9 Å². The predicted octanol–water partition coefficient (Wildman–Crippen LogP) is 4.78. The van der Waals surface area contributed by atoms with Gasteiger partial charge in [0.15, 0.2) is 6.79 Å². The molecule has 0 aliphatic carbocycles. The minimum absolute atomic E-state index is 0.232. The van der Waals surface area contributed by atoms with E-state index in [9.17, 15) is 0 Å². The van der Waals surface area contributed by atoms with Crippen molar-refractivity contribution in [2.75, 3.05) is 12.2 Å². The van der Waals surface area contributed by atoms with Gasteiger partial charge in [0.25, 0.3) is 0 Å². The van der Waals surface area contributed by atoms with Crippen molar-refractivity contribution in [1.29, 1.82) is 0 Å². The maximum atomic E-state index is 6.15. The highest BCUT2D eigenvalue weighted by Crippen LogP contribution is 2.30. The Morgan fingerprint density at radius 1 is 1.24 bits per heavy atom. The van der Waals surface area contributed by atoms with E-state index in [2.05, 4.69) is 15.5 Å². The molecule has 1 aliphatic heterocycles. The van der Waals surface area contributed by atoms with Crippen molar-refractivity contribution in [2.45, 2.75) is 6.61 Å². The van der Waals surface area contributed by atoms with Gasteiger partial charge in [-0.15, -0.1) is 11.3 Å². The summed E-state index contributed by atoms with van der Waals surface area (Å²) in [5.41, 5.74) is 6.68. The third-order valence-corrected chi connectivity index (χ3v) is 4.61. The molecular formula is C18H14ClN3O2S. The molecule has 3 aromatic rings. The molecule has 4 rings (SSSR count). The number of nitrogens with zero attached hydrogens (tertiary/aromatic N) is 2. The molecular weight excluding hydrogens is 358 g/mol. The first-order valence-corrected chi connectivity index (χ1v) is 8.88. The molecule has 25 heavy (non-hydrogen) atoms. The van der Waals surface area contributed by atoms with Crippen LogP contribution in [-0.2, 0) is 11.3 Å². The van der Waals surface area contributed by atoms with Gasteiger partial charge in [-0.05, 0) is 12.1 Å². The molecule has 0 fully saturated rings. The summed E-state index contributed by atoms with van der Waals surface area (Å²) in [4.78, 5) is 4.53. The van der Waals surface area contributed by atoms with Crippen LogP contribution in [0.25, 0.3) is 11.3 Å². The van der Waals surface area contributed by atoms with E-state index in [1.54, 1.807) is 6.21 Å². The molecule has 1 aliphatic rings. The first-order valence-electron chi connectivity index (χ1n) is 7.62. The summed E-state index contributed by atoms with van der Waals surface area (Å²) in [7, 11) is 0. The van der Waals surface area contributed by atoms with Gasteiger partial charge in [-0.2, -0.15) is 5.10 Å². The number of ether oxygens (including phenoxy) is 2. The smallest absolute Gasteiger partial charge is 0.203 e. The Labute approximate surface area is 153 Å². The fraction of sp³-hybridized carbons (Fsp3) is 0.111. The van der Waals surface area contributed by atoms with Gasteiger partial charge in [0, 0.05) is 27.1 Å². The summed E-state index contributed by atoms with van der Waals surface area (Å²) >= 11 is 7.64. The number of halogens is 1. The lowest BCUT2D eigenvalue weighted by atomic mass is 10.1. The van der Waals surface area contributed by atoms with Crippen LogP contribution in [-0.4, -0.2) is 18.0 Å². The Hall–Kier alpha value is -2.41. The average Bonchev–Trinajstić information content (AvgIpc) is 3.11. The summed E-state index contributed by atoms with van der Waals surface area (Å²) < 4.78 is 10.8. The number of hydrogen-bond acceptors (Lipinski definition) is 6. The van der Waals surface area contributed by atoms with E-state index in [0.29, 0.717) is 11.6 Å². The monoisotopic (exact) mass is 371 g/mol. The maximum absolute atomic E-state index is 6.15. The van der Waals surface area contributed by atoms with Gasteiger partial charge < -0.3 is 9.47 Å². The Morgan fingerprint density at radius 3 is 3.00 bits per heavy atom. The first-order chi connectivity index (χ1) is 12.3. The Morgan fingerprint density at radius 2 is 2.12 bits per heavy atom. The lowest BCUT2D eigenvalue weighted by molar-refractivity contribution is -0.0164. The first kappa shape index (κ1) is 16.1. The third-order valence-electron chi connectivity index (χ3n) is 3.64. The molecule has 0 spiro atoms. The summed E-state index contributed by atoms with van der Waals surface area (Å²) in [6.45, 7) is 0.715. The van der Waals surface area contributed by atoms with Crippen molar-refractivity contribution in [3.63, 3.8) is 0 Å².